The molecule has 1 aliphatic rings. The third kappa shape index (κ3) is 2.39. The summed E-state index contributed by atoms with van der Waals surface area (Å²) < 4.78 is 23.7. The van der Waals surface area contributed by atoms with Gasteiger partial charge in [-0.05, 0) is 13.0 Å². The van der Waals surface area contributed by atoms with Crippen LogP contribution in [-0.2, 0) is 16.9 Å². The number of nitrogens with one attached hydrogen (secondary N) is 1. The number of nitrogens with zero attached hydrogens (tertiary/aromatic N) is 2. The molecule has 7 nitrogen and oxygen atoms in total. The molecular formula is C14H15N3O4S. The molecule has 0 atom stereocenters. The number of carbonyl (C=O) groups is 1. The van der Waals surface area contributed by atoms with Crippen molar-refractivity contribution in [2.75, 3.05) is 11.5 Å². The molecule has 3 rings (SSSR count). The molecule has 1 fully saturated rings. The molecule has 0 aliphatic carbocycles. The molecule has 1 amide bonds. The zero-order valence-corrected chi connectivity index (χ0v) is 13.0. The van der Waals surface area contributed by atoms with Crippen LogP contribution in [0.4, 0.5) is 0 Å². The summed E-state index contributed by atoms with van der Waals surface area (Å²) in [6.45, 7) is 1.68. The van der Waals surface area contributed by atoms with Crippen molar-refractivity contribution in [3.8, 4) is 0 Å². The maximum atomic E-state index is 12.5. The number of hydrogen-bond acceptors (Lipinski definition) is 5. The minimum Gasteiger partial charge on any atom is -0.343 e. The predicted octanol–water partition coefficient (Wildman–Crippen LogP) is -0.150. The maximum absolute atomic E-state index is 12.5. The zero-order valence-electron chi connectivity index (χ0n) is 12.2. The van der Waals surface area contributed by atoms with Gasteiger partial charge in [0, 0.05) is 12.4 Å². The topological polar surface area (TPSA) is 98.1 Å². The molecule has 0 bridgehead atoms. The number of fused-ring (bicyclic) bond motifs is 1. The normalized spacial score (nSPS) is 18.6. The van der Waals surface area contributed by atoms with Crippen molar-refractivity contribution in [3.05, 3.63) is 40.3 Å². The number of rotatable bonds is 2. The lowest BCUT2D eigenvalue weighted by Crippen LogP contribution is -2.63. The Hall–Kier alpha value is -2.22. The molecule has 8 heteroatoms. The van der Waals surface area contributed by atoms with E-state index < -0.39 is 21.3 Å². The third-order valence-electron chi connectivity index (χ3n) is 3.66. The molecule has 0 unspecified atom stereocenters. The van der Waals surface area contributed by atoms with Crippen LogP contribution in [0.15, 0.2) is 29.1 Å². The van der Waals surface area contributed by atoms with Gasteiger partial charge in [0.25, 0.3) is 11.5 Å². The van der Waals surface area contributed by atoms with Crippen LogP contribution >= 0.6 is 0 Å². The molecule has 116 valence electrons. The molecule has 0 spiro atoms. The molecule has 1 saturated heterocycles. The highest BCUT2D eigenvalue weighted by molar-refractivity contribution is 7.93. The van der Waals surface area contributed by atoms with Crippen molar-refractivity contribution < 1.29 is 13.2 Å². The van der Waals surface area contributed by atoms with E-state index in [9.17, 15) is 18.0 Å². The summed E-state index contributed by atoms with van der Waals surface area (Å²) in [6, 6.07) is 6.71. The number of amides is 1. The second kappa shape index (κ2) is 4.64. The second-order valence-corrected chi connectivity index (χ2v) is 7.93. The molecule has 1 aromatic heterocycles. The van der Waals surface area contributed by atoms with E-state index in [1.165, 1.54) is 7.05 Å². The Labute approximate surface area is 126 Å². The second-order valence-electron chi connectivity index (χ2n) is 5.87. The van der Waals surface area contributed by atoms with Gasteiger partial charge in [0.05, 0.1) is 22.4 Å². The highest BCUT2D eigenvalue weighted by Gasteiger charge is 2.46. The van der Waals surface area contributed by atoms with Crippen molar-refractivity contribution in [1.29, 1.82) is 0 Å². The van der Waals surface area contributed by atoms with Crippen LogP contribution in [0, 0.1) is 0 Å². The quantitative estimate of drug-likeness (QED) is 0.829. The van der Waals surface area contributed by atoms with E-state index in [4.69, 9.17) is 0 Å². The molecule has 1 aromatic carbocycles. The number of carbonyl (C=O) groups excluding carboxylic acids is 1. The summed E-state index contributed by atoms with van der Waals surface area (Å²) in [6.07, 6.45) is 0. The van der Waals surface area contributed by atoms with Gasteiger partial charge in [-0.15, -0.1) is 0 Å². The van der Waals surface area contributed by atoms with Crippen LogP contribution in [0.2, 0.25) is 0 Å². The van der Waals surface area contributed by atoms with Crippen LogP contribution in [0.1, 0.15) is 17.4 Å². The number of aromatic nitrogens is 2. The molecule has 0 radical (unpaired) electrons. The van der Waals surface area contributed by atoms with Gasteiger partial charge in [-0.2, -0.15) is 5.10 Å². The van der Waals surface area contributed by atoms with Gasteiger partial charge < -0.3 is 5.32 Å². The molecule has 1 aliphatic heterocycles. The lowest BCUT2D eigenvalue weighted by molar-refractivity contribution is 0.0911. The molecular weight excluding hydrogens is 306 g/mol. The number of hydrogen-bond donors (Lipinski definition) is 1. The first-order chi connectivity index (χ1) is 10.2. The van der Waals surface area contributed by atoms with Gasteiger partial charge in [-0.25, -0.2) is 13.1 Å². The summed E-state index contributed by atoms with van der Waals surface area (Å²) in [5, 5.41) is 7.58. The monoisotopic (exact) mass is 321 g/mol. The Morgan fingerprint density at radius 3 is 2.45 bits per heavy atom. The average Bonchev–Trinajstić information content (AvgIpc) is 2.40. The molecule has 2 heterocycles. The van der Waals surface area contributed by atoms with Crippen LogP contribution in [-0.4, -0.2) is 41.2 Å². The highest BCUT2D eigenvalue weighted by Crippen LogP contribution is 2.24. The fourth-order valence-electron chi connectivity index (χ4n) is 2.80. The Bertz CT molecular complexity index is 934. The highest BCUT2D eigenvalue weighted by atomic mass is 32.2. The Morgan fingerprint density at radius 1 is 1.27 bits per heavy atom. The number of aryl methyl sites for hydroxylation is 1. The fourth-order valence-corrected chi connectivity index (χ4v) is 4.80. The van der Waals surface area contributed by atoms with Gasteiger partial charge in [-0.1, -0.05) is 18.2 Å². The lowest BCUT2D eigenvalue weighted by atomic mass is 10.1. The first kappa shape index (κ1) is 14.7. The van der Waals surface area contributed by atoms with Gasteiger partial charge in [0.15, 0.2) is 15.5 Å². The van der Waals surface area contributed by atoms with E-state index in [2.05, 4.69) is 10.4 Å². The molecule has 1 N–H and O–H groups in total. The largest absolute Gasteiger partial charge is 0.343 e. The van der Waals surface area contributed by atoms with E-state index in [0.717, 1.165) is 4.68 Å². The summed E-state index contributed by atoms with van der Waals surface area (Å²) in [5.74, 6) is -0.658. The van der Waals surface area contributed by atoms with E-state index in [0.29, 0.717) is 10.8 Å². The summed E-state index contributed by atoms with van der Waals surface area (Å²) in [4.78, 5) is 24.5. The Balaban J connectivity index is 2.02. The first-order valence-electron chi connectivity index (χ1n) is 6.70. The zero-order chi connectivity index (χ0) is 16.1. The minimum absolute atomic E-state index is 0.0879. The lowest BCUT2D eigenvalue weighted by Gasteiger charge is -2.38. The van der Waals surface area contributed by atoms with Crippen molar-refractivity contribution >= 4 is 26.5 Å². The minimum atomic E-state index is -3.06. The predicted molar refractivity (Wildman–Crippen MR) is 81.5 cm³/mol. The average molecular weight is 321 g/mol. The Kier molecular flexibility index (Phi) is 3.10. The number of sulfone groups is 1. The smallest absolute Gasteiger partial charge is 0.274 e. The molecule has 2 aromatic rings. The van der Waals surface area contributed by atoms with E-state index in [-0.39, 0.29) is 22.8 Å². The van der Waals surface area contributed by atoms with E-state index in [1.54, 1.807) is 31.2 Å². The standard InChI is InChI=1S/C14H15N3O4S/c1-14(7-22(20,21)8-14)15-12(18)11-9-5-3-4-6-10(9)13(19)17(2)16-11/h3-6H,7-8H2,1-2H3,(H,15,18). The van der Waals surface area contributed by atoms with Gasteiger partial charge in [0.1, 0.15) is 0 Å². The maximum Gasteiger partial charge on any atom is 0.274 e. The van der Waals surface area contributed by atoms with Gasteiger partial charge >= 0.3 is 0 Å². The van der Waals surface area contributed by atoms with Crippen LogP contribution in [0.3, 0.4) is 0 Å². The number of benzene rings is 1. The SMILES string of the molecule is Cn1nc(C(=O)NC2(C)CS(=O)(=O)C2)c2ccccc2c1=O. The molecule has 0 saturated carbocycles. The van der Waals surface area contributed by atoms with Crippen molar-refractivity contribution in [1.82, 2.24) is 15.1 Å². The van der Waals surface area contributed by atoms with E-state index >= 15 is 0 Å². The van der Waals surface area contributed by atoms with Crippen molar-refractivity contribution in [3.63, 3.8) is 0 Å². The van der Waals surface area contributed by atoms with Crippen LogP contribution in [0.5, 0.6) is 0 Å². The summed E-state index contributed by atoms with van der Waals surface area (Å²) >= 11 is 0. The fraction of sp³-hybridized carbons (Fsp3) is 0.357. The summed E-state index contributed by atoms with van der Waals surface area (Å²) in [5.41, 5.74) is -0.958. The third-order valence-corrected chi connectivity index (χ3v) is 5.82. The first-order valence-corrected chi connectivity index (χ1v) is 8.52. The molecule has 22 heavy (non-hydrogen) atoms. The van der Waals surface area contributed by atoms with Crippen molar-refractivity contribution in [2.24, 2.45) is 7.05 Å². The summed E-state index contributed by atoms with van der Waals surface area (Å²) in [7, 11) is -1.59. The van der Waals surface area contributed by atoms with Crippen molar-refractivity contribution in [2.45, 2.75) is 12.5 Å². The van der Waals surface area contributed by atoms with Gasteiger partial charge in [-0.3, -0.25) is 9.59 Å². The Morgan fingerprint density at radius 2 is 1.86 bits per heavy atom. The van der Waals surface area contributed by atoms with E-state index in [1.807, 2.05) is 0 Å². The van der Waals surface area contributed by atoms with Crippen LogP contribution < -0.4 is 10.9 Å². The van der Waals surface area contributed by atoms with Gasteiger partial charge in [0.2, 0.25) is 0 Å². The van der Waals surface area contributed by atoms with Crippen LogP contribution in [0.25, 0.3) is 10.8 Å².